The first kappa shape index (κ1) is 8.73. The summed E-state index contributed by atoms with van der Waals surface area (Å²) in [6, 6.07) is -0.489. The molecule has 0 aromatic carbocycles. The lowest BCUT2D eigenvalue weighted by atomic mass is 10.3. The fourth-order valence-electron chi connectivity index (χ4n) is 0.663. The number of carbonyl (C=O) groups excluding carboxylic acids is 1. The molecular weight excluding hydrogens is 158 g/mol. The molecule has 0 fully saturated rings. The first-order chi connectivity index (χ1) is 5.70. The molecule has 1 rings (SSSR count). The quantitative estimate of drug-likeness (QED) is 0.647. The van der Waals surface area contributed by atoms with E-state index >= 15 is 0 Å². The zero-order valence-corrected chi connectivity index (χ0v) is 6.78. The third-order valence-corrected chi connectivity index (χ3v) is 1.34. The number of nitrogens with one attached hydrogen (secondary N) is 1. The van der Waals surface area contributed by atoms with Crippen LogP contribution in [0.4, 0.5) is 0 Å². The molecule has 0 unspecified atom stereocenters. The normalized spacial score (nSPS) is 12.5. The van der Waals surface area contributed by atoms with Crippen LogP contribution in [-0.2, 0) is 11.3 Å². The van der Waals surface area contributed by atoms with E-state index in [1.54, 1.807) is 6.92 Å². The average Bonchev–Trinajstić information content (AvgIpc) is 2.51. The summed E-state index contributed by atoms with van der Waals surface area (Å²) in [6.45, 7) is 1.98. The Kier molecular flexibility index (Phi) is 2.82. The predicted octanol–water partition coefficient (Wildman–Crippen LogP) is -0.362. The molecule has 0 aliphatic carbocycles. The maximum Gasteiger partial charge on any atom is 0.236 e. The third-order valence-electron chi connectivity index (χ3n) is 1.34. The number of rotatable bonds is 3. The van der Waals surface area contributed by atoms with Crippen LogP contribution in [0.5, 0.6) is 0 Å². The van der Waals surface area contributed by atoms with Gasteiger partial charge in [-0.15, -0.1) is 0 Å². The molecule has 0 radical (unpaired) electrons. The number of amides is 1. The number of nitrogens with two attached hydrogens (primary N) is 1. The molecule has 12 heavy (non-hydrogen) atoms. The van der Waals surface area contributed by atoms with Crippen LogP contribution in [0.15, 0.2) is 17.1 Å². The van der Waals surface area contributed by atoms with Gasteiger partial charge in [-0.3, -0.25) is 4.79 Å². The molecule has 5 heteroatoms. The summed E-state index contributed by atoms with van der Waals surface area (Å²) >= 11 is 0. The number of hydrogen-bond donors (Lipinski definition) is 2. The van der Waals surface area contributed by atoms with E-state index in [1.165, 1.54) is 12.7 Å². The van der Waals surface area contributed by atoms with Crippen LogP contribution >= 0.6 is 0 Å². The predicted molar refractivity (Wildman–Crippen MR) is 42.0 cm³/mol. The van der Waals surface area contributed by atoms with Crippen molar-refractivity contribution in [1.29, 1.82) is 0 Å². The van der Waals surface area contributed by atoms with Gasteiger partial charge >= 0.3 is 0 Å². The van der Waals surface area contributed by atoms with Gasteiger partial charge in [-0.05, 0) is 6.92 Å². The molecule has 1 amide bonds. The van der Waals surface area contributed by atoms with Crippen LogP contribution in [-0.4, -0.2) is 16.9 Å². The van der Waals surface area contributed by atoms with Crippen LogP contribution in [0.25, 0.3) is 0 Å². The van der Waals surface area contributed by atoms with Crippen molar-refractivity contribution < 1.29 is 9.21 Å². The van der Waals surface area contributed by atoms with Gasteiger partial charge in [0.15, 0.2) is 6.39 Å². The Bertz CT molecular complexity index is 243. The minimum Gasteiger partial charge on any atom is -0.451 e. The van der Waals surface area contributed by atoms with Crippen LogP contribution in [0.1, 0.15) is 12.6 Å². The van der Waals surface area contributed by atoms with E-state index in [0.717, 1.165) is 0 Å². The van der Waals surface area contributed by atoms with Crippen molar-refractivity contribution in [3.63, 3.8) is 0 Å². The van der Waals surface area contributed by atoms with Crippen molar-refractivity contribution in [3.8, 4) is 0 Å². The molecule has 5 nitrogen and oxygen atoms in total. The van der Waals surface area contributed by atoms with E-state index in [2.05, 4.69) is 10.3 Å². The highest BCUT2D eigenvalue weighted by Gasteiger charge is 2.06. The van der Waals surface area contributed by atoms with Gasteiger partial charge in [-0.25, -0.2) is 4.98 Å². The minimum absolute atomic E-state index is 0.196. The van der Waals surface area contributed by atoms with Gasteiger partial charge in [0, 0.05) is 0 Å². The minimum atomic E-state index is -0.489. The molecule has 0 spiro atoms. The number of nitrogens with zero attached hydrogens (tertiary/aromatic N) is 1. The summed E-state index contributed by atoms with van der Waals surface area (Å²) in [5.74, 6) is -0.196. The smallest absolute Gasteiger partial charge is 0.236 e. The molecule has 0 aliphatic rings. The summed E-state index contributed by atoms with van der Waals surface area (Å²) in [4.78, 5) is 14.8. The first-order valence-electron chi connectivity index (χ1n) is 3.60. The van der Waals surface area contributed by atoms with E-state index in [1.807, 2.05) is 0 Å². The summed E-state index contributed by atoms with van der Waals surface area (Å²) in [6.07, 6.45) is 2.79. The summed E-state index contributed by atoms with van der Waals surface area (Å²) in [7, 11) is 0. The highest BCUT2D eigenvalue weighted by molar-refractivity contribution is 5.80. The molecule has 1 atom stereocenters. The van der Waals surface area contributed by atoms with Gasteiger partial charge in [-0.2, -0.15) is 0 Å². The lowest BCUT2D eigenvalue weighted by Gasteiger charge is -2.04. The molecular formula is C7H11N3O2. The van der Waals surface area contributed by atoms with Crippen molar-refractivity contribution in [2.45, 2.75) is 19.5 Å². The highest BCUT2D eigenvalue weighted by atomic mass is 16.3. The van der Waals surface area contributed by atoms with Crippen molar-refractivity contribution in [3.05, 3.63) is 18.4 Å². The molecule has 1 aromatic rings. The van der Waals surface area contributed by atoms with Crippen LogP contribution < -0.4 is 11.1 Å². The van der Waals surface area contributed by atoms with Crippen molar-refractivity contribution in [2.24, 2.45) is 5.73 Å². The molecule has 1 heterocycles. The topological polar surface area (TPSA) is 81.2 Å². The molecule has 0 bridgehead atoms. The van der Waals surface area contributed by atoms with Crippen molar-refractivity contribution in [1.82, 2.24) is 10.3 Å². The fraction of sp³-hybridized carbons (Fsp3) is 0.429. The molecule has 66 valence electrons. The number of hydrogen-bond acceptors (Lipinski definition) is 4. The standard InChI is InChI=1S/C7H11N3O2/c1-5(8)7(11)9-2-6-3-12-4-10-6/h3-5H,2,8H2,1H3,(H,9,11)/t5-/m1/s1. The van der Waals surface area contributed by atoms with Gasteiger partial charge in [0.2, 0.25) is 5.91 Å². The fourth-order valence-corrected chi connectivity index (χ4v) is 0.663. The van der Waals surface area contributed by atoms with Gasteiger partial charge in [0.1, 0.15) is 6.26 Å². The Labute approximate surface area is 70.0 Å². The third kappa shape index (κ3) is 2.35. The van der Waals surface area contributed by atoms with Crippen molar-refractivity contribution in [2.75, 3.05) is 0 Å². The number of carbonyl (C=O) groups is 1. The maximum atomic E-state index is 10.9. The highest BCUT2D eigenvalue weighted by Crippen LogP contribution is 1.92. The lowest BCUT2D eigenvalue weighted by Crippen LogP contribution is -2.37. The van der Waals surface area contributed by atoms with Crippen LogP contribution in [0.3, 0.4) is 0 Å². The van der Waals surface area contributed by atoms with E-state index < -0.39 is 6.04 Å². The monoisotopic (exact) mass is 169 g/mol. The summed E-state index contributed by atoms with van der Waals surface area (Å²) in [5, 5.41) is 2.60. The number of oxazole rings is 1. The zero-order valence-electron chi connectivity index (χ0n) is 6.78. The number of aromatic nitrogens is 1. The second-order valence-electron chi connectivity index (χ2n) is 2.49. The van der Waals surface area contributed by atoms with Gasteiger partial charge in [0.25, 0.3) is 0 Å². The Morgan fingerprint density at radius 3 is 3.17 bits per heavy atom. The molecule has 0 saturated heterocycles. The van der Waals surface area contributed by atoms with Gasteiger partial charge in [-0.1, -0.05) is 0 Å². The SMILES string of the molecule is C[C@@H](N)C(=O)NCc1cocn1. The average molecular weight is 169 g/mol. The molecule has 0 aliphatic heterocycles. The van der Waals surface area contributed by atoms with Crippen LogP contribution in [0, 0.1) is 0 Å². The van der Waals surface area contributed by atoms with Crippen LogP contribution in [0.2, 0.25) is 0 Å². The summed E-state index contributed by atoms with van der Waals surface area (Å²) in [5.41, 5.74) is 6.00. The van der Waals surface area contributed by atoms with Gasteiger partial charge < -0.3 is 15.5 Å². The molecule has 1 aromatic heterocycles. The Balaban J connectivity index is 2.32. The second kappa shape index (κ2) is 3.87. The Hall–Kier alpha value is -1.36. The summed E-state index contributed by atoms with van der Waals surface area (Å²) < 4.78 is 4.71. The Morgan fingerprint density at radius 2 is 2.67 bits per heavy atom. The van der Waals surface area contributed by atoms with E-state index in [0.29, 0.717) is 12.2 Å². The second-order valence-corrected chi connectivity index (χ2v) is 2.49. The maximum absolute atomic E-state index is 10.9. The Morgan fingerprint density at radius 1 is 1.92 bits per heavy atom. The van der Waals surface area contributed by atoms with Crippen molar-refractivity contribution >= 4 is 5.91 Å². The first-order valence-corrected chi connectivity index (χ1v) is 3.60. The lowest BCUT2D eigenvalue weighted by molar-refractivity contribution is -0.122. The molecule has 0 saturated carbocycles. The van der Waals surface area contributed by atoms with E-state index in [4.69, 9.17) is 10.2 Å². The van der Waals surface area contributed by atoms with Gasteiger partial charge in [0.05, 0.1) is 18.3 Å². The largest absolute Gasteiger partial charge is 0.451 e. The van der Waals surface area contributed by atoms with E-state index in [9.17, 15) is 4.79 Å². The zero-order chi connectivity index (χ0) is 8.97. The molecule has 3 N–H and O–H groups in total. The van der Waals surface area contributed by atoms with E-state index in [-0.39, 0.29) is 5.91 Å².